The highest BCUT2D eigenvalue weighted by Crippen LogP contribution is 2.16. The minimum Gasteiger partial charge on any atom is -0.364 e. The van der Waals surface area contributed by atoms with Gasteiger partial charge in [0.15, 0.2) is 5.69 Å². The molecule has 1 aromatic rings. The van der Waals surface area contributed by atoms with E-state index in [0.717, 1.165) is 5.01 Å². The lowest BCUT2D eigenvalue weighted by Crippen LogP contribution is -2.22. The Bertz CT molecular complexity index is 458. The second kappa shape index (κ2) is 6.13. The number of ether oxygens (including phenoxy) is 1. The van der Waals surface area contributed by atoms with Crippen molar-refractivity contribution in [1.82, 2.24) is 15.0 Å². The fraction of sp³-hybridized carbons (Fsp3) is 0.500. The highest BCUT2D eigenvalue weighted by atomic mass is 19.4. The smallest absolute Gasteiger partial charge is 0.364 e. The van der Waals surface area contributed by atoms with E-state index in [1.165, 1.54) is 13.4 Å². The van der Waals surface area contributed by atoms with Crippen LogP contribution in [-0.2, 0) is 4.74 Å². The molecule has 106 valence electrons. The van der Waals surface area contributed by atoms with E-state index in [0.29, 0.717) is 0 Å². The first-order valence-electron chi connectivity index (χ1n) is 4.96. The first-order valence-corrected chi connectivity index (χ1v) is 4.96. The summed E-state index contributed by atoms with van der Waals surface area (Å²) in [5.74, 6) is -0.814. The molecule has 1 amide bonds. The summed E-state index contributed by atoms with van der Waals surface area (Å²) in [7, 11) is 1.39. The van der Waals surface area contributed by atoms with Gasteiger partial charge < -0.3 is 10.7 Å². The highest BCUT2D eigenvalue weighted by molar-refractivity contribution is 5.94. The van der Waals surface area contributed by atoms with Gasteiger partial charge in [0.1, 0.15) is 0 Å². The lowest BCUT2D eigenvalue weighted by molar-refractivity contribution is -0.324. The average molecular weight is 280 g/mol. The van der Waals surface area contributed by atoms with Crippen LogP contribution in [0.5, 0.6) is 0 Å². The molecule has 1 rings (SSSR count). The van der Waals surface area contributed by atoms with Crippen molar-refractivity contribution in [2.45, 2.75) is 6.36 Å². The predicted octanol–water partition coefficient (Wildman–Crippen LogP) is 0.975. The maximum atomic E-state index is 11.7. The number of H-pyrrole nitrogens is 1. The third-order valence-electron chi connectivity index (χ3n) is 1.84. The Morgan fingerprint density at radius 1 is 1.63 bits per heavy atom. The molecule has 0 aliphatic carbocycles. The van der Waals surface area contributed by atoms with Crippen LogP contribution in [0.25, 0.3) is 0 Å². The molecule has 0 aromatic carbocycles. The summed E-state index contributed by atoms with van der Waals surface area (Å²) < 4.78 is 38.6. The van der Waals surface area contributed by atoms with Crippen LogP contribution >= 0.6 is 0 Å². The molecule has 1 heterocycles. The normalized spacial score (nSPS) is 12.0. The standard InChI is InChI=1S/C8H11F3N6O2/c1-17(2-3-19-8(9,10)11)16-15-7-5(6(12)18)13-4-14-7/h4H,2-3H2,1H3,(H2,12,18)(H,13,14). The molecule has 0 saturated carbocycles. The minimum absolute atomic E-state index is 0.0382. The van der Waals surface area contributed by atoms with E-state index in [9.17, 15) is 18.0 Å². The van der Waals surface area contributed by atoms with Gasteiger partial charge in [0.25, 0.3) is 5.91 Å². The number of nitrogens with zero attached hydrogens (tertiary/aromatic N) is 4. The fourth-order valence-electron chi connectivity index (χ4n) is 1.00. The Kier molecular flexibility index (Phi) is 4.80. The number of carbonyl (C=O) groups is 1. The number of nitrogens with two attached hydrogens (primary N) is 1. The molecule has 0 radical (unpaired) electrons. The molecule has 0 fully saturated rings. The van der Waals surface area contributed by atoms with Crippen LogP contribution in [-0.4, -0.2) is 47.4 Å². The Hall–Kier alpha value is -2.17. The van der Waals surface area contributed by atoms with Crippen molar-refractivity contribution < 1.29 is 22.7 Å². The number of nitrogens with one attached hydrogen (secondary N) is 1. The summed E-state index contributed by atoms with van der Waals surface area (Å²) >= 11 is 0. The lowest BCUT2D eigenvalue weighted by atomic mass is 10.4. The molecule has 0 unspecified atom stereocenters. The number of aromatic amines is 1. The quantitative estimate of drug-likeness (QED) is 0.597. The molecule has 11 heteroatoms. The Morgan fingerprint density at radius 3 is 2.89 bits per heavy atom. The van der Waals surface area contributed by atoms with Gasteiger partial charge >= 0.3 is 6.36 Å². The van der Waals surface area contributed by atoms with Crippen LogP contribution in [0.1, 0.15) is 10.5 Å². The van der Waals surface area contributed by atoms with E-state index in [-0.39, 0.29) is 18.1 Å². The molecule has 1 aromatic heterocycles. The molecule has 8 nitrogen and oxygen atoms in total. The van der Waals surface area contributed by atoms with Crippen molar-refractivity contribution in [1.29, 1.82) is 0 Å². The summed E-state index contributed by atoms with van der Waals surface area (Å²) in [5.41, 5.74) is 4.98. The second-order valence-electron chi connectivity index (χ2n) is 3.33. The molecule has 0 spiro atoms. The largest absolute Gasteiger partial charge is 0.522 e. The third kappa shape index (κ3) is 5.33. The Balaban J connectivity index is 2.47. The van der Waals surface area contributed by atoms with Crippen LogP contribution in [0.3, 0.4) is 0 Å². The number of rotatable bonds is 6. The zero-order valence-corrected chi connectivity index (χ0v) is 9.81. The zero-order chi connectivity index (χ0) is 14.5. The van der Waals surface area contributed by atoms with E-state index in [4.69, 9.17) is 5.73 Å². The summed E-state index contributed by atoms with van der Waals surface area (Å²) in [6, 6.07) is 0. The monoisotopic (exact) mass is 280 g/mol. The van der Waals surface area contributed by atoms with Gasteiger partial charge in [0, 0.05) is 7.05 Å². The molecule has 3 N–H and O–H groups in total. The molecular weight excluding hydrogens is 269 g/mol. The second-order valence-corrected chi connectivity index (χ2v) is 3.33. The molecule has 19 heavy (non-hydrogen) atoms. The van der Waals surface area contributed by atoms with Crippen molar-refractivity contribution in [3.8, 4) is 0 Å². The summed E-state index contributed by atoms with van der Waals surface area (Å²) in [5, 5.41) is 8.23. The van der Waals surface area contributed by atoms with Gasteiger partial charge in [0.2, 0.25) is 5.82 Å². The fourth-order valence-corrected chi connectivity index (χ4v) is 1.00. The number of primary amides is 1. The number of hydrogen-bond donors (Lipinski definition) is 2. The Morgan fingerprint density at radius 2 is 2.32 bits per heavy atom. The number of imidazole rings is 1. The molecule has 0 bridgehead atoms. The number of halogens is 3. The van der Waals surface area contributed by atoms with Gasteiger partial charge in [-0.05, 0) is 0 Å². The maximum absolute atomic E-state index is 11.7. The van der Waals surface area contributed by atoms with Crippen LogP contribution in [0, 0.1) is 0 Å². The maximum Gasteiger partial charge on any atom is 0.522 e. The molecule has 0 aliphatic heterocycles. The van der Waals surface area contributed by atoms with E-state index in [1.807, 2.05) is 0 Å². The number of alkyl halides is 3. The van der Waals surface area contributed by atoms with Crippen molar-refractivity contribution in [2.24, 2.45) is 16.1 Å². The van der Waals surface area contributed by atoms with Gasteiger partial charge in [-0.25, -0.2) is 4.98 Å². The van der Waals surface area contributed by atoms with Crippen LogP contribution < -0.4 is 5.73 Å². The minimum atomic E-state index is -4.68. The molecule has 0 aliphatic rings. The first kappa shape index (κ1) is 14.9. The van der Waals surface area contributed by atoms with Crippen molar-refractivity contribution in [3.63, 3.8) is 0 Å². The number of amides is 1. The third-order valence-corrected chi connectivity index (χ3v) is 1.84. The Labute approximate surface area is 105 Å². The number of aromatic nitrogens is 2. The zero-order valence-electron chi connectivity index (χ0n) is 9.81. The summed E-state index contributed by atoms with van der Waals surface area (Å²) in [6.45, 7) is -0.735. The SMILES string of the molecule is CN(CCOC(F)(F)F)N=Nc1nc[nH]c1C(N)=O. The number of likely N-dealkylation sites (N-methyl/N-ethyl adjacent to an activating group) is 1. The lowest BCUT2D eigenvalue weighted by Gasteiger charge is -2.12. The predicted molar refractivity (Wildman–Crippen MR) is 56.3 cm³/mol. The van der Waals surface area contributed by atoms with E-state index >= 15 is 0 Å². The first-order chi connectivity index (χ1) is 8.79. The van der Waals surface area contributed by atoms with Gasteiger partial charge in [0.05, 0.1) is 19.5 Å². The van der Waals surface area contributed by atoms with E-state index in [1.54, 1.807) is 0 Å². The van der Waals surface area contributed by atoms with Crippen molar-refractivity contribution in [2.75, 3.05) is 20.2 Å². The van der Waals surface area contributed by atoms with Gasteiger partial charge in [-0.15, -0.1) is 18.3 Å². The summed E-state index contributed by atoms with van der Waals surface area (Å²) in [6.07, 6.45) is -3.49. The van der Waals surface area contributed by atoms with Gasteiger partial charge in [-0.2, -0.15) is 0 Å². The average Bonchev–Trinajstić information content (AvgIpc) is 2.72. The molecule has 0 saturated heterocycles. The molecular formula is C8H11F3N6O2. The van der Waals surface area contributed by atoms with Crippen molar-refractivity contribution in [3.05, 3.63) is 12.0 Å². The topological polar surface area (TPSA) is 109 Å². The van der Waals surface area contributed by atoms with E-state index < -0.39 is 18.9 Å². The van der Waals surface area contributed by atoms with Crippen LogP contribution in [0.4, 0.5) is 19.0 Å². The molecule has 0 atom stereocenters. The summed E-state index contributed by atoms with van der Waals surface area (Å²) in [4.78, 5) is 17.0. The van der Waals surface area contributed by atoms with Crippen LogP contribution in [0.15, 0.2) is 16.7 Å². The van der Waals surface area contributed by atoms with Gasteiger partial charge in [-0.3, -0.25) is 14.5 Å². The highest BCUT2D eigenvalue weighted by Gasteiger charge is 2.28. The number of carbonyl (C=O) groups excluding carboxylic acids is 1. The van der Waals surface area contributed by atoms with Gasteiger partial charge in [-0.1, -0.05) is 5.22 Å². The number of hydrogen-bond acceptors (Lipinski definition) is 5. The van der Waals surface area contributed by atoms with Crippen LogP contribution in [0.2, 0.25) is 0 Å². The van der Waals surface area contributed by atoms with Crippen molar-refractivity contribution >= 4 is 11.7 Å². The van der Waals surface area contributed by atoms with E-state index in [2.05, 4.69) is 25.0 Å².